The molecule has 1 heterocycles. The van der Waals surface area contributed by atoms with Crippen LogP contribution in [-0.2, 0) is 11.2 Å². The van der Waals surface area contributed by atoms with Crippen molar-refractivity contribution >= 4 is 5.97 Å². The Balaban J connectivity index is 2.21. The summed E-state index contributed by atoms with van der Waals surface area (Å²) in [5.74, 6) is -0.331. The second-order valence-corrected chi connectivity index (χ2v) is 4.80. The first-order valence-corrected chi connectivity index (χ1v) is 5.99. The number of aromatic amines is 2. The Morgan fingerprint density at radius 3 is 2.41 bits per heavy atom. The SMILES string of the molecule is O=C(O)C1(Cc2n[nH]c(=O)[nH]2)CCCCCC1. The van der Waals surface area contributed by atoms with Crippen molar-refractivity contribution in [1.82, 2.24) is 15.2 Å². The van der Waals surface area contributed by atoms with Crippen LogP contribution in [0.2, 0.25) is 0 Å². The van der Waals surface area contributed by atoms with E-state index in [4.69, 9.17) is 0 Å². The maximum Gasteiger partial charge on any atom is 0.340 e. The van der Waals surface area contributed by atoms with Gasteiger partial charge in [-0.3, -0.25) is 9.78 Å². The predicted molar refractivity (Wildman–Crippen MR) is 60.7 cm³/mol. The fraction of sp³-hybridized carbons (Fsp3) is 0.727. The number of H-pyrrole nitrogens is 2. The number of rotatable bonds is 3. The van der Waals surface area contributed by atoms with E-state index < -0.39 is 11.4 Å². The molecule has 0 aromatic carbocycles. The lowest BCUT2D eigenvalue weighted by Crippen LogP contribution is -2.33. The number of nitrogens with zero attached hydrogens (tertiary/aromatic N) is 1. The van der Waals surface area contributed by atoms with Gasteiger partial charge in [-0.05, 0) is 12.8 Å². The van der Waals surface area contributed by atoms with Crippen LogP contribution in [0, 0.1) is 5.41 Å². The molecule has 2 rings (SSSR count). The molecule has 0 atom stereocenters. The van der Waals surface area contributed by atoms with E-state index in [1.54, 1.807) is 0 Å². The van der Waals surface area contributed by atoms with Gasteiger partial charge in [-0.15, -0.1) is 0 Å². The van der Waals surface area contributed by atoms with Crippen molar-refractivity contribution in [3.05, 3.63) is 16.3 Å². The van der Waals surface area contributed by atoms with Crippen LogP contribution in [-0.4, -0.2) is 26.3 Å². The van der Waals surface area contributed by atoms with E-state index in [0.29, 0.717) is 25.1 Å². The minimum atomic E-state index is -0.775. The van der Waals surface area contributed by atoms with Gasteiger partial charge in [0.15, 0.2) is 0 Å². The Morgan fingerprint density at radius 2 is 1.94 bits per heavy atom. The van der Waals surface area contributed by atoms with Gasteiger partial charge in [0.05, 0.1) is 5.41 Å². The van der Waals surface area contributed by atoms with Crippen molar-refractivity contribution < 1.29 is 9.90 Å². The lowest BCUT2D eigenvalue weighted by Gasteiger charge is -2.26. The normalized spacial score (nSPS) is 19.8. The molecule has 0 radical (unpaired) electrons. The van der Waals surface area contributed by atoms with Crippen molar-refractivity contribution in [3.8, 4) is 0 Å². The number of carboxylic acid groups (broad SMARTS) is 1. The molecule has 17 heavy (non-hydrogen) atoms. The summed E-state index contributed by atoms with van der Waals surface area (Å²) < 4.78 is 0. The topological polar surface area (TPSA) is 98.8 Å². The monoisotopic (exact) mass is 239 g/mol. The summed E-state index contributed by atoms with van der Waals surface area (Å²) in [4.78, 5) is 25.0. The summed E-state index contributed by atoms with van der Waals surface area (Å²) in [5.41, 5.74) is -1.14. The molecule has 0 amide bonds. The molecule has 1 aliphatic carbocycles. The number of aliphatic carboxylic acids is 1. The maximum absolute atomic E-state index is 11.5. The first-order chi connectivity index (χ1) is 8.12. The molecular weight excluding hydrogens is 222 g/mol. The summed E-state index contributed by atoms with van der Waals surface area (Å²) in [7, 11) is 0. The summed E-state index contributed by atoms with van der Waals surface area (Å²) in [5, 5.41) is 15.5. The third-order valence-corrected chi connectivity index (χ3v) is 3.57. The van der Waals surface area contributed by atoms with E-state index in [-0.39, 0.29) is 5.69 Å². The fourth-order valence-electron chi connectivity index (χ4n) is 2.58. The van der Waals surface area contributed by atoms with Gasteiger partial charge >= 0.3 is 11.7 Å². The molecule has 1 aliphatic rings. The van der Waals surface area contributed by atoms with Crippen LogP contribution in [0.25, 0.3) is 0 Å². The zero-order valence-electron chi connectivity index (χ0n) is 9.66. The fourth-order valence-corrected chi connectivity index (χ4v) is 2.58. The van der Waals surface area contributed by atoms with E-state index in [2.05, 4.69) is 15.2 Å². The van der Waals surface area contributed by atoms with Gasteiger partial charge in [-0.1, -0.05) is 25.7 Å². The molecule has 0 saturated heterocycles. The first kappa shape index (κ1) is 11.9. The molecule has 3 N–H and O–H groups in total. The average molecular weight is 239 g/mol. The highest BCUT2D eigenvalue weighted by molar-refractivity contribution is 5.75. The zero-order chi connectivity index (χ0) is 12.3. The van der Waals surface area contributed by atoms with E-state index in [0.717, 1.165) is 25.7 Å². The zero-order valence-corrected chi connectivity index (χ0v) is 9.66. The number of carboxylic acids is 1. The summed E-state index contributed by atoms with van der Waals surface area (Å²) in [6.07, 6.45) is 5.68. The van der Waals surface area contributed by atoms with Crippen molar-refractivity contribution in [3.63, 3.8) is 0 Å². The van der Waals surface area contributed by atoms with Crippen LogP contribution in [0.15, 0.2) is 4.79 Å². The quantitative estimate of drug-likeness (QED) is 0.687. The minimum absolute atomic E-state index is 0.307. The molecule has 94 valence electrons. The van der Waals surface area contributed by atoms with E-state index in [1.807, 2.05) is 0 Å². The molecular formula is C11H17N3O3. The molecule has 1 saturated carbocycles. The van der Waals surface area contributed by atoms with Gasteiger partial charge in [-0.2, -0.15) is 5.10 Å². The molecule has 0 bridgehead atoms. The van der Waals surface area contributed by atoms with Gasteiger partial charge in [0.25, 0.3) is 0 Å². The number of carbonyl (C=O) groups is 1. The number of hydrogen-bond donors (Lipinski definition) is 3. The molecule has 6 heteroatoms. The Labute approximate surface area is 98.4 Å². The third kappa shape index (κ3) is 2.57. The summed E-state index contributed by atoms with van der Waals surface area (Å²) in [6, 6.07) is 0. The van der Waals surface area contributed by atoms with Gasteiger partial charge in [0.1, 0.15) is 5.82 Å². The van der Waals surface area contributed by atoms with Gasteiger partial charge in [-0.25, -0.2) is 9.89 Å². The lowest BCUT2D eigenvalue weighted by atomic mass is 9.77. The first-order valence-electron chi connectivity index (χ1n) is 5.99. The molecule has 0 spiro atoms. The van der Waals surface area contributed by atoms with Crippen molar-refractivity contribution in [1.29, 1.82) is 0 Å². The maximum atomic E-state index is 11.5. The average Bonchev–Trinajstić information content (AvgIpc) is 2.54. The third-order valence-electron chi connectivity index (χ3n) is 3.57. The Morgan fingerprint density at radius 1 is 1.29 bits per heavy atom. The summed E-state index contributed by atoms with van der Waals surface area (Å²) in [6.45, 7) is 0. The van der Waals surface area contributed by atoms with Crippen LogP contribution in [0.1, 0.15) is 44.3 Å². The Bertz CT molecular complexity index is 441. The van der Waals surface area contributed by atoms with Crippen LogP contribution in [0.3, 0.4) is 0 Å². The van der Waals surface area contributed by atoms with E-state index in [1.165, 1.54) is 0 Å². The van der Waals surface area contributed by atoms with E-state index in [9.17, 15) is 14.7 Å². The molecule has 6 nitrogen and oxygen atoms in total. The number of aromatic nitrogens is 3. The highest BCUT2D eigenvalue weighted by Crippen LogP contribution is 2.37. The molecule has 0 unspecified atom stereocenters. The molecule has 1 aromatic heterocycles. The van der Waals surface area contributed by atoms with Crippen LogP contribution < -0.4 is 5.69 Å². The minimum Gasteiger partial charge on any atom is -0.481 e. The second-order valence-electron chi connectivity index (χ2n) is 4.80. The number of nitrogens with one attached hydrogen (secondary N) is 2. The smallest absolute Gasteiger partial charge is 0.340 e. The number of hydrogen-bond acceptors (Lipinski definition) is 3. The predicted octanol–water partition coefficient (Wildman–Crippen LogP) is 1.07. The summed E-state index contributed by atoms with van der Waals surface area (Å²) >= 11 is 0. The van der Waals surface area contributed by atoms with Crippen molar-refractivity contribution in [2.45, 2.75) is 44.9 Å². The Kier molecular flexibility index (Phi) is 3.31. The molecule has 0 aliphatic heterocycles. The Hall–Kier alpha value is -1.59. The highest BCUT2D eigenvalue weighted by Gasteiger charge is 2.39. The standard InChI is InChI=1S/C11H17N3O3/c15-9(16)11(5-3-1-2-4-6-11)7-8-12-10(17)14-13-8/h1-7H2,(H,15,16)(H2,12,13,14,17). The molecule has 1 aromatic rings. The van der Waals surface area contributed by atoms with Crippen LogP contribution in [0.5, 0.6) is 0 Å². The van der Waals surface area contributed by atoms with Crippen molar-refractivity contribution in [2.24, 2.45) is 5.41 Å². The van der Waals surface area contributed by atoms with Gasteiger partial charge < -0.3 is 5.11 Å². The van der Waals surface area contributed by atoms with Crippen LogP contribution in [0.4, 0.5) is 0 Å². The highest BCUT2D eigenvalue weighted by atomic mass is 16.4. The largest absolute Gasteiger partial charge is 0.481 e. The van der Waals surface area contributed by atoms with Gasteiger partial charge in [0.2, 0.25) is 0 Å². The van der Waals surface area contributed by atoms with Crippen LogP contribution >= 0.6 is 0 Å². The van der Waals surface area contributed by atoms with Gasteiger partial charge in [0, 0.05) is 6.42 Å². The second kappa shape index (κ2) is 4.73. The lowest BCUT2D eigenvalue weighted by molar-refractivity contribution is -0.150. The molecule has 1 fully saturated rings. The van der Waals surface area contributed by atoms with Crippen molar-refractivity contribution in [2.75, 3.05) is 0 Å². The van der Waals surface area contributed by atoms with E-state index >= 15 is 0 Å².